The van der Waals surface area contributed by atoms with E-state index in [0.717, 1.165) is 12.8 Å². The molecule has 1 aromatic heterocycles. The SMILES string of the molecule is O=C(O)COCCNC(=O)CCCc1csc2ccccc12. The fraction of sp³-hybridized carbons (Fsp3) is 0.375. The first kappa shape index (κ1) is 16.5. The van der Waals surface area contributed by atoms with Crippen molar-refractivity contribution in [2.45, 2.75) is 19.3 Å². The zero-order valence-corrected chi connectivity index (χ0v) is 13.0. The van der Waals surface area contributed by atoms with E-state index in [1.54, 1.807) is 11.3 Å². The number of carbonyl (C=O) groups is 2. The highest BCUT2D eigenvalue weighted by molar-refractivity contribution is 7.17. The Kier molecular flexibility index (Phi) is 6.36. The number of aliphatic carboxylic acids is 1. The molecule has 0 fully saturated rings. The van der Waals surface area contributed by atoms with Crippen LogP contribution in [0.15, 0.2) is 29.6 Å². The average molecular weight is 321 g/mol. The van der Waals surface area contributed by atoms with Crippen LogP contribution >= 0.6 is 11.3 Å². The van der Waals surface area contributed by atoms with Gasteiger partial charge in [-0.05, 0) is 35.2 Å². The molecule has 0 bridgehead atoms. The van der Waals surface area contributed by atoms with Crippen LogP contribution in [-0.4, -0.2) is 36.7 Å². The summed E-state index contributed by atoms with van der Waals surface area (Å²) < 4.78 is 6.12. The Bertz CT molecular complexity index is 638. The van der Waals surface area contributed by atoms with E-state index < -0.39 is 5.97 Å². The number of carboxylic acid groups (broad SMARTS) is 1. The Morgan fingerprint density at radius 1 is 1.27 bits per heavy atom. The number of carbonyl (C=O) groups excluding carboxylic acids is 1. The van der Waals surface area contributed by atoms with Crippen LogP contribution in [0.3, 0.4) is 0 Å². The molecule has 1 heterocycles. The third-order valence-corrected chi connectivity index (χ3v) is 4.22. The van der Waals surface area contributed by atoms with Crippen molar-refractivity contribution in [1.29, 1.82) is 0 Å². The number of hydrogen-bond acceptors (Lipinski definition) is 4. The lowest BCUT2D eigenvalue weighted by atomic mass is 10.1. The van der Waals surface area contributed by atoms with Gasteiger partial charge in [-0.25, -0.2) is 4.79 Å². The molecule has 2 rings (SSSR count). The zero-order chi connectivity index (χ0) is 15.8. The van der Waals surface area contributed by atoms with Gasteiger partial charge in [-0.15, -0.1) is 11.3 Å². The van der Waals surface area contributed by atoms with Gasteiger partial charge in [0.2, 0.25) is 5.91 Å². The summed E-state index contributed by atoms with van der Waals surface area (Å²) in [7, 11) is 0. The summed E-state index contributed by atoms with van der Waals surface area (Å²) in [5.74, 6) is -1.03. The summed E-state index contributed by atoms with van der Waals surface area (Å²) in [6.07, 6.45) is 2.14. The molecule has 2 aromatic rings. The van der Waals surface area contributed by atoms with Gasteiger partial charge < -0.3 is 15.2 Å². The number of aryl methyl sites for hydroxylation is 1. The molecule has 0 saturated heterocycles. The largest absolute Gasteiger partial charge is 0.480 e. The molecule has 22 heavy (non-hydrogen) atoms. The van der Waals surface area contributed by atoms with Crippen LogP contribution in [0.25, 0.3) is 10.1 Å². The number of hydrogen-bond donors (Lipinski definition) is 2. The van der Waals surface area contributed by atoms with Gasteiger partial charge in [0.1, 0.15) is 6.61 Å². The van der Waals surface area contributed by atoms with Gasteiger partial charge >= 0.3 is 5.97 Å². The standard InChI is InChI=1S/C16H19NO4S/c18-15(17-8-9-21-10-16(19)20)7-3-4-12-11-22-14-6-2-1-5-13(12)14/h1-2,5-6,11H,3-4,7-10H2,(H,17,18)(H,19,20). The number of nitrogens with one attached hydrogen (secondary N) is 1. The molecule has 0 atom stereocenters. The molecular weight excluding hydrogens is 302 g/mol. The first-order chi connectivity index (χ1) is 10.7. The normalized spacial score (nSPS) is 10.7. The summed E-state index contributed by atoms with van der Waals surface area (Å²) in [6, 6.07) is 8.28. The summed E-state index contributed by atoms with van der Waals surface area (Å²) in [5, 5.41) is 14.5. The second-order valence-corrected chi connectivity index (χ2v) is 5.82. The molecule has 1 aromatic carbocycles. The van der Waals surface area contributed by atoms with E-state index in [2.05, 4.69) is 22.8 Å². The average Bonchev–Trinajstić information content (AvgIpc) is 2.90. The van der Waals surface area contributed by atoms with Crippen LogP contribution in [-0.2, 0) is 20.7 Å². The maximum absolute atomic E-state index is 11.7. The van der Waals surface area contributed by atoms with Crippen LogP contribution in [0.4, 0.5) is 0 Å². The minimum absolute atomic E-state index is 0.0292. The Morgan fingerprint density at radius 2 is 2.09 bits per heavy atom. The lowest BCUT2D eigenvalue weighted by molar-refractivity contribution is -0.142. The number of ether oxygens (including phenoxy) is 1. The Hall–Kier alpha value is -1.92. The predicted molar refractivity (Wildman–Crippen MR) is 86.2 cm³/mol. The number of amides is 1. The monoisotopic (exact) mass is 321 g/mol. The summed E-state index contributed by atoms with van der Waals surface area (Å²) >= 11 is 1.73. The molecule has 0 saturated carbocycles. The summed E-state index contributed by atoms with van der Waals surface area (Å²) in [4.78, 5) is 21.9. The van der Waals surface area contributed by atoms with Crippen LogP contribution in [0.1, 0.15) is 18.4 Å². The molecule has 1 amide bonds. The van der Waals surface area contributed by atoms with Gasteiger partial charge in [-0.2, -0.15) is 0 Å². The highest BCUT2D eigenvalue weighted by Crippen LogP contribution is 2.26. The molecular formula is C16H19NO4S. The van der Waals surface area contributed by atoms with Crippen molar-refractivity contribution in [1.82, 2.24) is 5.32 Å². The van der Waals surface area contributed by atoms with Crippen molar-refractivity contribution >= 4 is 33.3 Å². The van der Waals surface area contributed by atoms with E-state index in [1.807, 2.05) is 12.1 Å². The van der Waals surface area contributed by atoms with Crippen molar-refractivity contribution in [2.24, 2.45) is 0 Å². The van der Waals surface area contributed by atoms with E-state index in [1.165, 1.54) is 15.6 Å². The third kappa shape index (κ3) is 5.13. The quantitative estimate of drug-likeness (QED) is 0.696. The molecule has 2 N–H and O–H groups in total. The van der Waals surface area contributed by atoms with E-state index in [0.29, 0.717) is 13.0 Å². The zero-order valence-electron chi connectivity index (χ0n) is 12.2. The Labute approximate surface area is 132 Å². The lowest BCUT2D eigenvalue weighted by Crippen LogP contribution is -2.27. The maximum Gasteiger partial charge on any atom is 0.329 e. The number of thiophene rings is 1. The molecule has 0 radical (unpaired) electrons. The number of fused-ring (bicyclic) bond motifs is 1. The van der Waals surface area contributed by atoms with Crippen molar-refractivity contribution in [3.8, 4) is 0 Å². The highest BCUT2D eigenvalue weighted by Gasteiger charge is 2.05. The number of carboxylic acids is 1. The Balaban J connectivity index is 1.64. The fourth-order valence-corrected chi connectivity index (χ4v) is 3.17. The molecule has 0 aliphatic heterocycles. The van der Waals surface area contributed by atoms with Gasteiger partial charge in [0.05, 0.1) is 6.61 Å². The van der Waals surface area contributed by atoms with Gasteiger partial charge in [0.25, 0.3) is 0 Å². The second-order valence-electron chi connectivity index (χ2n) is 4.91. The lowest BCUT2D eigenvalue weighted by Gasteiger charge is -2.05. The molecule has 0 unspecified atom stereocenters. The second kappa shape index (κ2) is 8.51. The van der Waals surface area contributed by atoms with Crippen LogP contribution in [0.2, 0.25) is 0 Å². The summed E-state index contributed by atoms with van der Waals surface area (Å²) in [6.45, 7) is 0.224. The van der Waals surface area contributed by atoms with Crippen LogP contribution < -0.4 is 5.32 Å². The van der Waals surface area contributed by atoms with E-state index in [9.17, 15) is 9.59 Å². The molecule has 6 heteroatoms. The van der Waals surface area contributed by atoms with E-state index in [-0.39, 0.29) is 19.1 Å². The highest BCUT2D eigenvalue weighted by atomic mass is 32.1. The molecule has 0 spiro atoms. The molecule has 0 aliphatic rings. The minimum Gasteiger partial charge on any atom is -0.480 e. The summed E-state index contributed by atoms with van der Waals surface area (Å²) in [5.41, 5.74) is 1.29. The molecule has 118 valence electrons. The minimum atomic E-state index is -1.01. The van der Waals surface area contributed by atoms with Crippen molar-refractivity contribution < 1.29 is 19.4 Å². The van der Waals surface area contributed by atoms with Crippen molar-refractivity contribution in [2.75, 3.05) is 19.8 Å². The maximum atomic E-state index is 11.7. The first-order valence-corrected chi connectivity index (χ1v) is 8.06. The van der Waals surface area contributed by atoms with E-state index in [4.69, 9.17) is 9.84 Å². The van der Waals surface area contributed by atoms with Crippen molar-refractivity contribution in [3.63, 3.8) is 0 Å². The smallest absolute Gasteiger partial charge is 0.329 e. The topological polar surface area (TPSA) is 75.6 Å². The van der Waals surface area contributed by atoms with Crippen molar-refractivity contribution in [3.05, 3.63) is 35.2 Å². The number of rotatable bonds is 9. The van der Waals surface area contributed by atoms with Gasteiger partial charge in [0.15, 0.2) is 0 Å². The van der Waals surface area contributed by atoms with Gasteiger partial charge in [0, 0.05) is 17.7 Å². The molecule has 0 aliphatic carbocycles. The van der Waals surface area contributed by atoms with Crippen LogP contribution in [0, 0.1) is 0 Å². The Morgan fingerprint density at radius 3 is 2.91 bits per heavy atom. The van der Waals surface area contributed by atoms with E-state index >= 15 is 0 Å². The first-order valence-electron chi connectivity index (χ1n) is 7.18. The fourth-order valence-electron chi connectivity index (χ4n) is 2.18. The van der Waals surface area contributed by atoms with Crippen LogP contribution in [0.5, 0.6) is 0 Å². The number of benzene rings is 1. The third-order valence-electron chi connectivity index (χ3n) is 3.21. The molecule has 5 nitrogen and oxygen atoms in total. The van der Waals surface area contributed by atoms with Gasteiger partial charge in [-0.1, -0.05) is 18.2 Å². The van der Waals surface area contributed by atoms with Gasteiger partial charge in [-0.3, -0.25) is 4.79 Å². The predicted octanol–water partition coefficient (Wildman–Crippen LogP) is 2.44.